The monoisotopic (exact) mass is 289 g/mol. The first-order valence-corrected chi connectivity index (χ1v) is 5.92. The Morgan fingerprint density at radius 2 is 1.72 bits per heavy atom. The molecule has 0 aliphatic carbocycles. The lowest BCUT2D eigenvalue weighted by Gasteiger charge is -2.23. The average molecular weight is 290 g/mol. The first-order chi connectivity index (χ1) is 8.23. The van der Waals surface area contributed by atoms with Crippen molar-refractivity contribution in [2.75, 3.05) is 4.90 Å². The quantitative estimate of drug-likeness (QED) is 0.776. The van der Waals surface area contributed by atoms with Crippen molar-refractivity contribution in [1.82, 2.24) is 0 Å². The summed E-state index contributed by atoms with van der Waals surface area (Å²) < 4.78 is 5.09. The van der Waals surface area contributed by atoms with E-state index in [-0.39, 0.29) is 5.69 Å². The van der Waals surface area contributed by atoms with Gasteiger partial charge in [-0.1, -0.05) is 23.2 Å². The van der Waals surface area contributed by atoms with Crippen LogP contribution in [0.3, 0.4) is 0 Å². The van der Waals surface area contributed by atoms with E-state index in [1.54, 1.807) is 20.8 Å². The molecule has 0 aromatic heterocycles. The van der Waals surface area contributed by atoms with Gasteiger partial charge < -0.3 is 4.74 Å². The van der Waals surface area contributed by atoms with Gasteiger partial charge >= 0.3 is 6.09 Å². The number of halogens is 2. The molecule has 0 saturated heterocycles. The highest BCUT2D eigenvalue weighted by Gasteiger charge is 2.23. The van der Waals surface area contributed by atoms with Crippen molar-refractivity contribution in [3.63, 3.8) is 0 Å². The molecule has 98 valence electrons. The summed E-state index contributed by atoms with van der Waals surface area (Å²) >= 11 is 11.6. The second-order valence-corrected chi connectivity index (χ2v) is 5.46. The fourth-order valence-electron chi connectivity index (χ4n) is 1.20. The number of hydrogen-bond acceptors (Lipinski definition) is 3. The molecule has 0 aliphatic rings. The number of nitrogens with zero attached hydrogens (tertiary/aromatic N) is 1. The Morgan fingerprint density at radius 3 is 2.11 bits per heavy atom. The number of benzene rings is 1. The van der Waals surface area contributed by atoms with Gasteiger partial charge in [0.2, 0.25) is 6.41 Å². The molecule has 0 aliphatic heterocycles. The zero-order valence-electron chi connectivity index (χ0n) is 10.2. The van der Waals surface area contributed by atoms with Crippen LogP contribution in [0.4, 0.5) is 10.5 Å². The van der Waals surface area contributed by atoms with E-state index in [1.165, 1.54) is 18.2 Å². The highest BCUT2D eigenvalue weighted by molar-refractivity contribution is 6.35. The Balaban J connectivity index is 3.02. The summed E-state index contributed by atoms with van der Waals surface area (Å²) in [5.41, 5.74) is -0.433. The number of rotatable bonds is 2. The predicted molar refractivity (Wildman–Crippen MR) is 71.2 cm³/mol. The molecule has 0 atom stereocenters. The van der Waals surface area contributed by atoms with Crippen molar-refractivity contribution in [3.05, 3.63) is 28.2 Å². The third-order valence-electron chi connectivity index (χ3n) is 1.82. The van der Waals surface area contributed by atoms with Crippen molar-refractivity contribution in [2.24, 2.45) is 0 Å². The molecular formula is C12H13Cl2NO3. The Bertz CT molecular complexity index is 449. The van der Waals surface area contributed by atoms with E-state index in [1.807, 2.05) is 0 Å². The van der Waals surface area contributed by atoms with Crippen molar-refractivity contribution in [3.8, 4) is 0 Å². The molecule has 1 aromatic carbocycles. The van der Waals surface area contributed by atoms with Gasteiger partial charge in [0.25, 0.3) is 0 Å². The summed E-state index contributed by atoms with van der Waals surface area (Å²) in [6.07, 6.45) is -0.424. The number of anilines is 1. The molecule has 0 spiro atoms. The zero-order chi connectivity index (χ0) is 13.9. The molecular weight excluding hydrogens is 277 g/mol. The van der Waals surface area contributed by atoms with Gasteiger partial charge in [-0.05, 0) is 39.0 Å². The Labute approximate surface area is 115 Å². The van der Waals surface area contributed by atoms with E-state index in [4.69, 9.17) is 27.9 Å². The largest absolute Gasteiger partial charge is 0.443 e. The minimum Gasteiger partial charge on any atom is -0.443 e. The summed E-state index contributed by atoms with van der Waals surface area (Å²) in [7, 11) is 0. The fourth-order valence-corrected chi connectivity index (χ4v) is 1.71. The summed E-state index contributed by atoms with van der Waals surface area (Å²) in [5.74, 6) is 0. The molecule has 2 amide bonds. The molecule has 0 fully saturated rings. The van der Waals surface area contributed by atoms with Crippen molar-refractivity contribution in [1.29, 1.82) is 0 Å². The van der Waals surface area contributed by atoms with Crippen LogP contribution in [-0.2, 0) is 9.53 Å². The Hall–Kier alpha value is -1.26. The first-order valence-electron chi connectivity index (χ1n) is 5.16. The molecule has 0 saturated carbocycles. The second kappa shape index (κ2) is 5.59. The summed E-state index contributed by atoms with van der Waals surface area (Å²) in [6, 6.07) is 4.40. The van der Waals surface area contributed by atoms with Gasteiger partial charge in [0.1, 0.15) is 5.60 Å². The molecule has 1 aromatic rings. The smallest absolute Gasteiger partial charge is 0.421 e. The van der Waals surface area contributed by atoms with Gasteiger partial charge in [-0.25, -0.2) is 9.69 Å². The van der Waals surface area contributed by atoms with E-state index >= 15 is 0 Å². The lowest BCUT2D eigenvalue weighted by Crippen LogP contribution is -2.36. The van der Waals surface area contributed by atoms with Gasteiger partial charge in [-0.2, -0.15) is 0 Å². The standard InChI is InChI=1S/C12H13Cl2NO3/c1-12(2,3)18-11(17)15(7-16)10-5-8(13)4-9(14)6-10/h4-7H,1-3H3. The highest BCUT2D eigenvalue weighted by Crippen LogP contribution is 2.25. The third kappa shape index (κ3) is 4.20. The van der Waals surface area contributed by atoms with Crippen molar-refractivity contribution >= 4 is 41.4 Å². The van der Waals surface area contributed by atoms with E-state index in [0.717, 1.165) is 4.90 Å². The lowest BCUT2D eigenvalue weighted by atomic mass is 10.2. The lowest BCUT2D eigenvalue weighted by molar-refractivity contribution is -0.107. The van der Waals surface area contributed by atoms with Crippen LogP contribution in [0.25, 0.3) is 0 Å². The van der Waals surface area contributed by atoms with Crippen LogP contribution in [0.5, 0.6) is 0 Å². The second-order valence-electron chi connectivity index (χ2n) is 4.58. The molecule has 0 heterocycles. The predicted octanol–water partition coefficient (Wildman–Crippen LogP) is 3.89. The molecule has 0 N–H and O–H groups in total. The molecule has 0 radical (unpaired) electrons. The van der Waals surface area contributed by atoms with Crippen LogP contribution < -0.4 is 4.90 Å². The minimum absolute atomic E-state index is 0.261. The van der Waals surface area contributed by atoms with Crippen LogP contribution in [0.2, 0.25) is 10.0 Å². The number of amides is 2. The van der Waals surface area contributed by atoms with Gasteiger partial charge in [0.15, 0.2) is 0 Å². The molecule has 6 heteroatoms. The molecule has 1 rings (SSSR count). The maximum atomic E-state index is 11.8. The Morgan fingerprint density at radius 1 is 1.22 bits per heavy atom. The fraction of sp³-hybridized carbons (Fsp3) is 0.333. The van der Waals surface area contributed by atoms with Gasteiger partial charge in [0, 0.05) is 10.0 Å². The van der Waals surface area contributed by atoms with E-state index < -0.39 is 11.7 Å². The van der Waals surface area contributed by atoms with E-state index in [9.17, 15) is 9.59 Å². The number of hydrogen-bond donors (Lipinski definition) is 0. The van der Waals surface area contributed by atoms with Crippen LogP contribution in [0.1, 0.15) is 20.8 Å². The molecule has 4 nitrogen and oxygen atoms in total. The maximum absolute atomic E-state index is 11.8. The van der Waals surface area contributed by atoms with Crippen molar-refractivity contribution in [2.45, 2.75) is 26.4 Å². The summed E-state index contributed by atoms with van der Waals surface area (Å²) in [5, 5.41) is 0.654. The molecule has 18 heavy (non-hydrogen) atoms. The maximum Gasteiger partial charge on any atom is 0.421 e. The normalized spacial score (nSPS) is 10.9. The van der Waals surface area contributed by atoms with Crippen LogP contribution in [-0.4, -0.2) is 18.1 Å². The summed E-state index contributed by atoms with van der Waals surface area (Å²) in [6.45, 7) is 5.12. The molecule has 0 unspecified atom stereocenters. The first kappa shape index (κ1) is 14.8. The number of imide groups is 1. The van der Waals surface area contributed by atoms with E-state index in [0.29, 0.717) is 16.5 Å². The number of ether oxygens (including phenoxy) is 1. The van der Waals surface area contributed by atoms with Gasteiger partial charge in [-0.3, -0.25) is 4.79 Å². The third-order valence-corrected chi connectivity index (χ3v) is 2.26. The van der Waals surface area contributed by atoms with Crippen LogP contribution >= 0.6 is 23.2 Å². The van der Waals surface area contributed by atoms with Crippen LogP contribution in [0.15, 0.2) is 18.2 Å². The average Bonchev–Trinajstić information content (AvgIpc) is 2.13. The van der Waals surface area contributed by atoms with E-state index in [2.05, 4.69) is 0 Å². The van der Waals surface area contributed by atoms with Gasteiger partial charge in [0.05, 0.1) is 5.69 Å². The summed E-state index contributed by atoms with van der Waals surface area (Å²) in [4.78, 5) is 23.6. The SMILES string of the molecule is CC(C)(C)OC(=O)N(C=O)c1cc(Cl)cc(Cl)c1. The highest BCUT2D eigenvalue weighted by atomic mass is 35.5. The number of carbonyl (C=O) groups is 2. The minimum atomic E-state index is -0.782. The topological polar surface area (TPSA) is 46.6 Å². The molecule has 0 bridgehead atoms. The Kier molecular flexibility index (Phi) is 4.59. The van der Waals surface area contributed by atoms with Gasteiger partial charge in [-0.15, -0.1) is 0 Å². The number of carbonyl (C=O) groups excluding carboxylic acids is 2. The van der Waals surface area contributed by atoms with Crippen molar-refractivity contribution < 1.29 is 14.3 Å². The zero-order valence-corrected chi connectivity index (χ0v) is 11.7. The van der Waals surface area contributed by atoms with Crippen LogP contribution in [0, 0.1) is 0 Å².